The minimum absolute atomic E-state index is 0.0565. The summed E-state index contributed by atoms with van der Waals surface area (Å²) in [5.41, 5.74) is 7.31. The zero-order chi connectivity index (χ0) is 12.8. The van der Waals surface area contributed by atoms with Crippen molar-refractivity contribution in [3.8, 4) is 0 Å². The fourth-order valence-electron chi connectivity index (χ4n) is 1.97. The summed E-state index contributed by atoms with van der Waals surface area (Å²) in [4.78, 5) is 12.1. The number of aliphatic hydroxyl groups excluding tert-OH is 2. The van der Waals surface area contributed by atoms with E-state index in [1.165, 1.54) is 0 Å². The molecule has 1 aliphatic rings. The molecule has 3 rings (SSSR count). The van der Waals surface area contributed by atoms with Crippen LogP contribution >= 0.6 is 0 Å². The summed E-state index contributed by atoms with van der Waals surface area (Å²) >= 11 is 0. The lowest BCUT2D eigenvalue weighted by molar-refractivity contribution is 0.143. The van der Waals surface area contributed by atoms with Gasteiger partial charge in [0.15, 0.2) is 5.65 Å². The molecule has 94 valence electrons. The Kier molecular flexibility index (Phi) is 2.32. The highest BCUT2D eigenvalue weighted by Crippen LogP contribution is 2.51. The summed E-state index contributed by atoms with van der Waals surface area (Å²) in [6, 6.07) is 0. The van der Waals surface area contributed by atoms with E-state index in [1.807, 2.05) is 6.20 Å². The van der Waals surface area contributed by atoms with E-state index in [4.69, 9.17) is 5.73 Å². The van der Waals surface area contributed by atoms with Crippen LogP contribution in [0.5, 0.6) is 0 Å². The lowest BCUT2D eigenvalue weighted by Crippen LogP contribution is -2.12. The van der Waals surface area contributed by atoms with E-state index in [1.54, 1.807) is 17.1 Å². The van der Waals surface area contributed by atoms with Crippen LogP contribution in [-0.2, 0) is 0 Å². The molecule has 0 radical (unpaired) electrons. The van der Waals surface area contributed by atoms with E-state index in [2.05, 4.69) is 15.0 Å². The third-order valence-electron chi connectivity index (χ3n) is 3.32. The van der Waals surface area contributed by atoms with Crippen molar-refractivity contribution in [3.63, 3.8) is 0 Å². The second kappa shape index (κ2) is 3.76. The number of anilines is 1. The monoisotopic (exact) mass is 247 g/mol. The van der Waals surface area contributed by atoms with Crippen molar-refractivity contribution in [1.82, 2.24) is 19.5 Å². The molecular weight excluding hydrogens is 234 g/mol. The molecule has 1 saturated carbocycles. The highest BCUT2D eigenvalue weighted by molar-refractivity contribution is 5.73. The molecule has 0 unspecified atom stereocenters. The quantitative estimate of drug-likeness (QED) is 0.682. The predicted molar refractivity (Wildman–Crippen MR) is 65.2 cm³/mol. The summed E-state index contributed by atoms with van der Waals surface area (Å²) in [7, 11) is 0. The summed E-state index contributed by atoms with van der Waals surface area (Å²) in [5.74, 6) is 0.189. The summed E-state index contributed by atoms with van der Waals surface area (Å²) in [6.07, 6.45) is 5.68. The van der Waals surface area contributed by atoms with Gasteiger partial charge in [-0.15, -0.1) is 0 Å². The van der Waals surface area contributed by atoms with Gasteiger partial charge >= 0.3 is 0 Å². The smallest absolute Gasteiger partial charge is 0.222 e. The SMILES string of the molecule is Nc1ncc2ncn(/C=C3/CC3(CO)CO)c2n1. The number of hydrogen-bond donors (Lipinski definition) is 3. The molecule has 2 heterocycles. The van der Waals surface area contributed by atoms with Gasteiger partial charge in [0.1, 0.15) is 11.8 Å². The number of nitrogens with zero attached hydrogens (tertiary/aromatic N) is 4. The van der Waals surface area contributed by atoms with Crippen LogP contribution in [0, 0.1) is 5.41 Å². The van der Waals surface area contributed by atoms with E-state index in [0.717, 1.165) is 5.57 Å². The number of aromatic nitrogens is 4. The molecule has 0 aromatic carbocycles. The first-order valence-corrected chi connectivity index (χ1v) is 5.56. The van der Waals surface area contributed by atoms with Gasteiger partial charge in [0.05, 0.1) is 19.4 Å². The van der Waals surface area contributed by atoms with E-state index < -0.39 is 5.41 Å². The molecular formula is C11H13N5O2. The van der Waals surface area contributed by atoms with Crippen molar-refractivity contribution in [2.45, 2.75) is 6.42 Å². The van der Waals surface area contributed by atoms with Crippen LogP contribution < -0.4 is 5.73 Å². The Hall–Kier alpha value is -1.99. The number of fused-ring (bicyclic) bond motifs is 1. The minimum atomic E-state index is -0.477. The molecule has 2 aromatic rings. The van der Waals surface area contributed by atoms with Crippen molar-refractivity contribution >= 4 is 23.3 Å². The van der Waals surface area contributed by atoms with E-state index in [0.29, 0.717) is 17.6 Å². The summed E-state index contributed by atoms with van der Waals surface area (Å²) in [6.45, 7) is -0.113. The zero-order valence-corrected chi connectivity index (χ0v) is 9.61. The molecule has 0 atom stereocenters. The van der Waals surface area contributed by atoms with Gasteiger partial charge in [0, 0.05) is 11.6 Å². The van der Waals surface area contributed by atoms with Crippen molar-refractivity contribution in [3.05, 3.63) is 18.1 Å². The van der Waals surface area contributed by atoms with Gasteiger partial charge in [-0.05, 0) is 12.0 Å². The van der Waals surface area contributed by atoms with Gasteiger partial charge in [-0.2, -0.15) is 4.98 Å². The molecule has 2 aromatic heterocycles. The lowest BCUT2D eigenvalue weighted by Gasteiger charge is -2.05. The normalized spacial score (nSPS) is 19.6. The third kappa shape index (κ3) is 1.56. The molecule has 7 heteroatoms. The largest absolute Gasteiger partial charge is 0.395 e. The second-order valence-corrected chi connectivity index (χ2v) is 4.52. The summed E-state index contributed by atoms with van der Waals surface area (Å²) < 4.78 is 1.73. The number of nitrogen functional groups attached to an aromatic ring is 1. The Morgan fingerprint density at radius 3 is 2.83 bits per heavy atom. The van der Waals surface area contributed by atoms with Crippen LogP contribution in [0.25, 0.3) is 17.4 Å². The molecule has 1 fully saturated rings. The van der Waals surface area contributed by atoms with E-state index in [9.17, 15) is 10.2 Å². The van der Waals surface area contributed by atoms with Crippen LogP contribution in [0.3, 0.4) is 0 Å². The number of nitrogens with two attached hydrogens (primary N) is 1. The topological polar surface area (TPSA) is 110 Å². The number of imidazole rings is 1. The van der Waals surface area contributed by atoms with Crippen molar-refractivity contribution in [2.24, 2.45) is 5.41 Å². The average Bonchev–Trinajstić information content (AvgIpc) is 2.95. The maximum absolute atomic E-state index is 9.24. The molecule has 0 saturated heterocycles. The van der Waals surface area contributed by atoms with Gasteiger partial charge in [-0.25, -0.2) is 9.97 Å². The first-order valence-electron chi connectivity index (χ1n) is 5.56. The molecule has 7 nitrogen and oxygen atoms in total. The third-order valence-corrected chi connectivity index (χ3v) is 3.32. The van der Waals surface area contributed by atoms with Gasteiger partial charge in [-0.1, -0.05) is 0 Å². The van der Waals surface area contributed by atoms with Crippen molar-refractivity contribution in [2.75, 3.05) is 18.9 Å². The molecule has 18 heavy (non-hydrogen) atoms. The lowest BCUT2D eigenvalue weighted by atomic mass is 10.1. The summed E-state index contributed by atoms with van der Waals surface area (Å²) in [5, 5.41) is 18.5. The Morgan fingerprint density at radius 1 is 1.39 bits per heavy atom. The Labute approximate surface area is 103 Å². The molecule has 0 bridgehead atoms. The first kappa shape index (κ1) is 11.1. The van der Waals surface area contributed by atoms with Gasteiger partial charge in [0.2, 0.25) is 5.95 Å². The van der Waals surface area contributed by atoms with Crippen molar-refractivity contribution < 1.29 is 10.2 Å². The molecule has 4 N–H and O–H groups in total. The number of rotatable bonds is 3. The maximum Gasteiger partial charge on any atom is 0.222 e. The van der Waals surface area contributed by atoms with Crippen LogP contribution in [0.4, 0.5) is 5.95 Å². The highest BCUT2D eigenvalue weighted by Gasteiger charge is 2.48. The number of hydrogen-bond acceptors (Lipinski definition) is 6. The Morgan fingerprint density at radius 2 is 2.17 bits per heavy atom. The van der Waals surface area contributed by atoms with Crippen LogP contribution in [0.1, 0.15) is 6.42 Å². The van der Waals surface area contributed by atoms with Crippen LogP contribution in [0.2, 0.25) is 0 Å². The van der Waals surface area contributed by atoms with Crippen LogP contribution in [0.15, 0.2) is 18.1 Å². The molecule has 1 aliphatic carbocycles. The molecule has 0 spiro atoms. The standard InChI is InChI=1S/C11H13N5O2/c12-10-13-2-8-9(15-10)16(6-14-8)3-7-1-11(7,4-17)5-18/h2-3,6,17-18H,1,4-5H2,(H2,12,13,15)/b7-3-. The fourth-order valence-corrected chi connectivity index (χ4v) is 1.97. The fraction of sp³-hybridized carbons (Fsp3) is 0.364. The molecule has 0 aliphatic heterocycles. The van der Waals surface area contributed by atoms with Gasteiger partial charge in [0.25, 0.3) is 0 Å². The Balaban J connectivity index is 2.02. The van der Waals surface area contributed by atoms with Gasteiger partial charge < -0.3 is 15.9 Å². The van der Waals surface area contributed by atoms with Crippen molar-refractivity contribution in [1.29, 1.82) is 0 Å². The molecule has 0 amide bonds. The van der Waals surface area contributed by atoms with Gasteiger partial charge in [-0.3, -0.25) is 4.57 Å². The zero-order valence-electron chi connectivity index (χ0n) is 9.61. The maximum atomic E-state index is 9.24. The predicted octanol–water partition coefficient (Wildman–Crippen LogP) is -0.376. The average molecular weight is 247 g/mol. The van der Waals surface area contributed by atoms with Crippen LogP contribution in [-0.4, -0.2) is 42.9 Å². The Bertz CT molecular complexity index is 629. The second-order valence-electron chi connectivity index (χ2n) is 4.52. The van der Waals surface area contributed by atoms with E-state index >= 15 is 0 Å². The minimum Gasteiger partial charge on any atom is -0.395 e. The first-order chi connectivity index (χ1) is 8.68. The van der Waals surface area contributed by atoms with E-state index in [-0.39, 0.29) is 19.2 Å². The highest BCUT2D eigenvalue weighted by atomic mass is 16.3. The number of aliphatic hydroxyl groups is 2.